The molecule has 1 N–H and O–H groups in total. The third kappa shape index (κ3) is 2.40. The number of halogens is 1. The van der Waals surface area contributed by atoms with Crippen molar-refractivity contribution in [3.05, 3.63) is 40.0 Å². The Labute approximate surface area is 130 Å². The standard InChI is InChI=1S/C17H20ClNO2/c1-5-17(6-2,16(20)21)15-11(4)9-19-14-7-10(3)13(18)8-12(14)15/h7-9H,5-6H2,1-4H3,(H,20,21). The molecule has 112 valence electrons. The fourth-order valence-corrected chi connectivity index (χ4v) is 3.23. The van der Waals surface area contributed by atoms with E-state index in [9.17, 15) is 9.90 Å². The van der Waals surface area contributed by atoms with E-state index in [1.165, 1.54) is 0 Å². The fraction of sp³-hybridized carbons (Fsp3) is 0.412. The van der Waals surface area contributed by atoms with Crippen LogP contribution in [-0.4, -0.2) is 16.1 Å². The first-order chi connectivity index (χ1) is 9.87. The van der Waals surface area contributed by atoms with Gasteiger partial charge in [0.05, 0.1) is 10.9 Å². The number of hydrogen-bond donors (Lipinski definition) is 1. The summed E-state index contributed by atoms with van der Waals surface area (Å²) in [7, 11) is 0. The summed E-state index contributed by atoms with van der Waals surface area (Å²) < 4.78 is 0. The number of carboxylic acids is 1. The third-order valence-electron chi connectivity index (χ3n) is 4.43. The van der Waals surface area contributed by atoms with Crippen molar-refractivity contribution in [2.45, 2.75) is 46.0 Å². The number of aryl methyl sites for hydroxylation is 2. The lowest BCUT2D eigenvalue weighted by atomic mass is 9.73. The van der Waals surface area contributed by atoms with Gasteiger partial charge in [-0.1, -0.05) is 25.4 Å². The maximum Gasteiger partial charge on any atom is 0.314 e. The van der Waals surface area contributed by atoms with Crippen molar-refractivity contribution in [3.8, 4) is 0 Å². The molecule has 0 unspecified atom stereocenters. The first kappa shape index (κ1) is 15.8. The average Bonchev–Trinajstić information content (AvgIpc) is 2.44. The minimum absolute atomic E-state index is 0.532. The topological polar surface area (TPSA) is 50.2 Å². The van der Waals surface area contributed by atoms with E-state index < -0.39 is 11.4 Å². The Kier molecular flexibility index (Phi) is 4.24. The minimum Gasteiger partial charge on any atom is -0.481 e. The Balaban J connectivity index is 2.93. The number of rotatable bonds is 4. The molecule has 1 aromatic heterocycles. The van der Waals surface area contributed by atoms with E-state index in [-0.39, 0.29) is 0 Å². The second-order valence-electron chi connectivity index (χ2n) is 5.53. The van der Waals surface area contributed by atoms with E-state index in [0.717, 1.165) is 27.6 Å². The van der Waals surface area contributed by atoms with Gasteiger partial charge in [-0.15, -0.1) is 0 Å². The molecule has 0 aliphatic carbocycles. The van der Waals surface area contributed by atoms with E-state index >= 15 is 0 Å². The van der Waals surface area contributed by atoms with Gasteiger partial charge < -0.3 is 5.11 Å². The maximum absolute atomic E-state index is 12.0. The van der Waals surface area contributed by atoms with Crippen LogP contribution in [0.2, 0.25) is 5.02 Å². The monoisotopic (exact) mass is 305 g/mol. The Morgan fingerprint density at radius 2 is 1.86 bits per heavy atom. The highest BCUT2D eigenvalue weighted by molar-refractivity contribution is 6.32. The van der Waals surface area contributed by atoms with E-state index in [1.54, 1.807) is 6.20 Å². The van der Waals surface area contributed by atoms with Crippen molar-refractivity contribution in [2.75, 3.05) is 0 Å². The van der Waals surface area contributed by atoms with Crippen molar-refractivity contribution in [1.29, 1.82) is 0 Å². The highest BCUT2D eigenvalue weighted by Crippen LogP contribution is 2.39. The molecule has 0 fully saturated rings. The molecule has 4 heteroatoms. The Morgan fingerprint density at radius 3 is 2.38 bits per heavy atom. The second kappa shape index (κ2) is 5.64. The van der Waals surface area contributed by atoms with Gasteiger partial charge in [0.15, 0.2) is 0 Å². The summed E-state index contributed by atoms with van der Waals surface area (Å²) in [6.45, 7) is 7.67. The number of carbonyl (C=O) groups is 1. The van der Waals surface area contributed by atoms with Crippen LogP contribution < -0.4 is 0 Å². The van der Waals surface area contributed by atoms with Crippen molar-refractivity contribution in [2.24, 2.45) is 0 Å². The third-order valence-corrected chi connectivity index (χ3v) is 4.84. The number of fused-ring (bicyclic) bond motifs is 1. The average molecular weight is 306 g/mol. The van der Waals surface area contributed by atoms with Gasteiger partial charge in [-0.25, -0.2) is 0 Å². The molecular formula is C17H20ClNO2. The highest BCUT2D eigenvalue weighted by atomic mass is 35.5. The van der Waals surface area contributed by atoms with Crippen LogP contribution in [0.5, 0.6) is 0 Å². The van der Waals surface area contributed by atoms with Gasteiger partial charge in [0.1, 0.15) is 0 Å². The Hall–Kier alpha value is -1.61. The summed E-state index contributed by atoms with van der Waals surface area (Å²) in [6, 6.07) is 3.77. The predicted molar refractivity (Wildman–Crippen MR) is 86.1 cm³/mol. The molecule has 0 amide bonds. The van der Waals surface area contributed by atoms with Crippen molar-refractivity contribution < 1.29 is 9.90 Å². The summed E-state index contributed by atoms with van der Waals surface area (Å²) >= 11 is 6.25. The lowest BCUT2D eigenvalue weighted by Crippen LogP contribution is -2.35. The van der Waals surface area contributed by atoms with Gasteiger partial charge in [-0.2, -0.15) is 0 Å². The molecule has 21 heavy (non-hydrogen) atoms. The first-order valence-electron chi connectivity index (χ1n) is 7.16. The largest absolute Gasteiger partial charge is 0.481 e. The smallest absolute Gasteiger partial charge is 0.314 e. The molecule has 0 bridgehead atoms. The molecule has 0 radical (unpaired) electrons. The second-order valence-corrected chi connectivity index (χ2v) is 5.94. The lowest BCUT2D eigenvalue weighted by Gasteiger charge is -2.30. The van der Waals surface area contributed by atoms with Gasteiger partial charge in [0.2, 0.25) is 0 Å². The zero-order valence-corrected chi connectivity index (χ0v) is 13.6. The van der Waals surface area contributed by atoms with Crippen molar-refractivity contribution in [1.82, 2.24) is 4.98 Å². The summed E-state index contributed by atoms with van der Waals surface area (Å²) in [5.41, 5.74) is 2.58. The van der Waals surface area contributed by atoms with Gasteiger partial charge in [-0.05, 0) is 55.5 Å². The molecule has 0 saturated carbocycles. The summed E-state index contributed by atoms with van der Waals surface area (Å²) in [5, 5.41) is 11.3. The lowest BCUT2D eigenvalue weighted by molar-refractivity contribution is -0.144. The van der Waals surface area contributed by atoms with E-state index in [4.69, 9.17) is 11.6 Å². The van der Waals surface area contributed by atoms with E-state index in [1.807, 2.05) is 39.8 Å². The zero-order chi connectivity index (χ0) is 15.8. The molecular weight excluding hydrogens is 286 g/mol. The van der Waals surface area contributed by atoms with Crippen molar-refractivity contribution >= 4 is 28.5 Å². The molecule has 1 aromatic carbocycles. The SMILES string of the molecule is CCC(CC)(C(=O)O)c1c(C)cnc2cc(C)c(Cl)cc12. The number of pyridine rings is 1. The molecule has 3 nitrogen and oxygen atoms in total. The van der Waals surface area contributed by atoms with Crippen LogP contribution in [0, 0.1) is 13.8 Å². The predicted octanol–water partition coefficient (Wildman–Crippen LogP) is 4.65. The summed E-state index contributed by atoms with van der Waals surface area (Å²) in [6.07, 6.45) is 2.82. The summed E-state index contributed by atoms with van der Waals surface area (Å²) in [4.78, 5) is 16.4. The van der Waals surface area contributed by atoms with E-state index in [0.29, 0.717) is 17.9 Å². The maximum atomic E-state index is 12.0. The zero-order valence-electron chi connectivity index (χ0n) is 12.8. The fourth-order valence-electron chi connectivity index (χ4n) is 3.06. The molecule has 0 saturated heterocycles. The quantitative estimate of drug-likeness (QED) is 0.894. The van der Waals surface area contributed by atoms with Gasteiger partial charge >= 0.3 is 5.97 Å². The molecule has 0 atom stereocenters. The normalized spacial score (nSPS) is 11.9. The van der Waals surface area contributed by atoms with Gasteiger partial charge in [0, 0.05) is 16.6 Å². The molecule has 2 aromatic rings. The van der Waals surface area contributed by atoms with Crippen LogP contribution in [0.25, 0.3) is 10.9 Å². The van der Waals surface area contributed by atoms with Crippen LogP contribution in [0.15, 0.2) is 18.3 Å². The highest BCUT2D eigenvalue weighted by Gasteiger charge is 2.39. The number of carboxylic acid groups (broad SMARTS) is 1. The minimum atomic E-state index is -0.899. The van der Waals surface area contributed by atoms with Crippen LogP contribution in [-0.2, 0) is 10.2 Å². The molecule has 0 aliphatic rings. The van der Waals surface area contributed by atoms with Crippen LogP contribution in [0.3, 0.4) is 0 Å². The molecule has 0 spiro atoms. The van der Waals surface area contributed by atoms with Crippen LogP contribution >= 0.6 is 11.6 Å². The van der Waals surface area contributed by atoms with Crippen LogP contribution in [0.1, 0.15) is 43.4 Å². The Bertz CT molecular complexity index is 705. The van der Waals surface area contributed by atoms with Gasteiger partial charge in [0.25, 0.3) is 0 Å². The number of hydrogen-bond acceptors (Lipinski definition) is 2. The number of nitrogens with zero attached hydrogens (tertiary/aromatic N) is 1. The summed E-state index contributed by atoms with van der Waals surface area (Å²) in [5.74, 6) is -0.792. The molecule has 2 rings (SSSR count). The van der Waals surface area contributed by atoms with Gasteiger partial charge in [-0.3, -0.25) is 9.78 Å². The molecule has 1 heterocycles. The number of aromatic nitrogens is 1. The van der Waals surface area contributed by atoms with Crippen LogP contribution in [0.4, 0.5) is 0 Å². The number of aliphatic carboxylic acids is 1. The van der Waals surface area contributed by atoms with E-state index in [2.05, 4.69) is 4.98 Å². The van der Waals surface area contributed by atoms with Crippen molar-refractivity contribution in [3.63, 3.8) is 0 Å². The first-order valence-corrected chi connectivity index (χ1v) is 7.54. The molecule has 0 aliphatic heterocycles. The Morgan fingerprint density at radius 1 is 1.24 bits per heavy atom. The number of benzene rings is 1.